The number of esters is 1. The third kappa shape index (κ3) is 5.05. The molecule has 0 spiro atoms. The molecule has 0 fully saturated rings. The van der Waals surface area contributed by atoms with Crippen molar-refractivity contribution in [3.05, 3.63) is 70.2 Å². The van der Waals surface area contributed by atoms with Crippen molar-refractivity contribution in [2.24, 2.45) is 0 Å². The molecule has 29 heavy (non-hydrogen) atoms. The number of aromatic nitrogens is 1. The lowest BCUT2D eigenvalue weighted by Gasteiger charge is -2.13. The number of aryl methyl sites for hydroxylation is 1. The van der Waals surface area contributed by atoms with Crippen LogP contribution >= 0.6 is 0 Å². The van der Waals surface area contributed by atoms with Crippen LogP contribution in [-0.4, -0.2) is 23.0 Å². The fourth-order valence-corrected chi connectivity index (χ4v) is 2.58. The van der Waals surface area contributed by atoms with Gasteiger partial charge in [-0.3, -0.25) is 9.59 Å². The minimum atomic E-state index is -1.05. The Balaban J connectivity index is 1.56. The van der Waals surface area contributed by atoms with Gasteiger partial charge in [-0.05, 0) is 37.3 Å². The fraction of sp³-hybridized carbons (Fsp3) is 0.190. The summed E-state index contributed by atoms with van der Waals surface area (Å²) in [5.41, 5.74) is 1.22. The van der Waals surface area contributed by atoms with Crippen molar-refractivity contribution in [3.8, 4) is 6.07 Å². The van der Waals surface area contributed by atoms with Crippen LogP contribution in [0.25, 0.3) is 11.1 Å². The maximum absolute atomic E-state index is 12.2. The normalized spacial score (nSPS) is 11.4. The topological polar surface area (TPSA) is 122 Å². The van der Waals surface area contributed by atoms with Gasteiger partial charge in [-0.1, -0.05) is 18.2 Å². The molecule has 0 saturated heterocycles. The highest BCUT2D eigenvalue weighted by Gasteiger charge is 2.19. The summed E-state index contributed by atoms with van der Waals surface area (Å²) in [5.74, 6) is -1.18. The second-order valence-electron chi connectivity index (χ2n) is 6.23. The summed E-state index contributed by atoms with van der Waals surface area (Å²) in [4.78, 5) is 40.4. The summed E-state index contributed by atoms with van der Waals surface area (Å²) in [6, 6.07) is 15.2. The monoisotopic (exact) mass is 391 g/mol. The quantitative estimate of drug-likeness (QED) is 0.641. The summed E-state index contributed by atoms with van der Waals surface area (Å²) in [7, 11) is 0. The molecular weight excluding hydrogens is 374 g/mol. The van der Waals surface area contributed by atoms with E-state index in [1.54, 1.807) is 42.5 Å². The number of nitrogens with zero attached hydrogens (tertiary/aromatic N) is 2. The molecule has 8 nitrogen and oxygen atoms in total. The summed E-state index contributed by atoms with van der Waals surface area (Å²) in [5, 5.41) is 11.5. The molecule has 0 aliphatic heterocycles. The van der Waals surface area contributed by atoms with Gasteiger partial charge in [0.05, 0.1) is 18.1 Å². The van der Waals surface area contributed by atoms with E-state index in [1.165, 1.54) is 13.0 Å². The highest BCUT2D eigenvalue weighted by Crippen LogP contribution is 2.12. The van der Waals surface area contributed by atoms with Gasteiger partial charge in [0, 0.05) is 12.1 Å². The molecule has 0 aliphatic rings. The standard InChI is InChI=1S/C21H17N3O5/c1-13(20(26)23-15-6-4-5-14(11-15)12-22)28-19(25)10-9-17-21(27)29-18-8-3-2-7-16(18)24-17/h2-8,11,13H,9-10H2,1H3,(H,23,26)/t13-/m1/s1. The predicted molar refractivity (Wildman–Crippen MR) is 104 cm³/mol. The van der Waals surface area contributed by atoms with E-state index in [4.69, 9.17) is 14.4 Å². The maximum Gasteiger partial charge on any atom is 0.358 e. The van der Waals surface area contributed by atoms with Crippen LogP contribution in [0.3, 0.4) is 0 Å². The molecule has 3 aromatic rings. The maximum atomic E-state index is 12.2. The molecule has 1 amide bonds. The number of anilines is 1. The number of hydrogen-bond acceptors (Lipinski definition) is 7. The van der Waals surface area contributed by atoms with E-state index in [0.29, 0.717) is 22.4 Å². The Bertz CT molecular complexity index is 1160. The molecule has 146 valence electrons. The van der Waals surface area contributed by atoms with Crippen LogP contribution in [-0.2, 0) is 20.7 Å². The first kappa shape index (κ1) is 19.8. The van der Waals surface area contributed by atoms with Crippen molar-refractivity contribution >= 4 is 28.7 Å². The van der Waals surface area contributed by atoms with Crippen molar-refractivity contribution in [3.63, 3.8) is 0 Å². The number of nitrogens with one attached hydrogen (secondary N) is 1. The number of hydrogen-bond donors (Lipinski definition) is 1. The van der Waals surface area contributed by atoms with Crippen LogP contribution in [0.4, 0.5) is 5.69 Å². The van der Waals surface area contributed by atoms with Gasteiger partial charge >= 0.3 is 11.6 Å². The number of amides is 1. The van der Waals surface area contributed by atoms with Crippen molar-refractivity contribution < 1.29 is 18.7 Å². The number of carbonyl (C=O) groups excluding carboxylic acids is 2. The number of fused-ring (bicyclic) bond motifs is 1. The highest BCUT2D eigenvalue weighted by atomic mass is 16.5. The molecule has 1 atom stereocenters. The fourth-order valence-electron chi connectivity index (χ4n) is 2.58. The summed E-state index contributed by atoms with van der Waals surface area (Å²) in [6.45, 7) is 1.43. The van der Waals surface area contributed by atoms with Gasteiger partial charge in [0.1, 0.15) is 11.2 Å². The van der Waals surface area contributed by atoms with Crippen molar-refractivity contribution in [2.45, 2.75) is 25.9 Å². The highest BCUT2D eigenvalue weighted by molar-refractivity contribution is 5.95. The first-order valence-electron chi connectivity index (χ1n) is 8.85. The predicted octanol–water partition coefficient (Wildman–Crippen LogP) is 2.56. The van der Waals surface area contributed by atoms with Gasteiger partial charge in [0.2, 0.25) is 0 Å². The zero-order chi connectivity index (χ0) is 20.8. The number of nitriles is 1. The molecule has 0 radical (unpaired) electrons. The van der Waals surface area contributed by atoms with Crippen LogP contribution < -0.4 is 10.9 Å². The van der Waals surface area contributed by atoms with E-state index in [9.17, 15) is 14.4 Å². The third-order valence-electron chi connectivity index (χ3n) is 4.06. The minimum Gasteiger partial charge on any atom is -0.453 e. The molecule has 8 heteroatoms. The molecule has 1 aromatic heterocycles. The molecule has 0 unspecified atom stereocenters. The molecule has 3 rings (SSSR count). The first-order valence-corrected chi connectivity index (χ1v) is 8.85. The Hall–Kier alpha value is -3.99. The van der Waals surface area contributed by atoms with Crippen LogP contribution in [0.1, 0.15) is 24.6 Å². The molecule has 2 aromatic carbocycles. The lowest BCUT2D eigenvalue weighted by molar-refractivity contribution is -0.153. The van der Waals surface area contributed by atoms with Crippen LogP contribution in [0.2, 0.25) is 0 Å². The lowest BCUT2D eigenvalue weighted by Crippen LogP contribution is -2.30. The average Bonchev–Trinajstić information content (AvgIpc) is 2.72. The Morgan fingerprint density at radius 3 is 2.83 bits per heavy atom. The third-order valence-corrected chi connectivity index (χ3v) is 4.06. The number of para-hydroxylation sites is 2. The average molecular weight is 391 g/mol. The van der Waals surface area contributed by atoms with Crippen molar-refractivity contribution in [1.82, 2.24) is 4.98 Å². The van der Waals surface area contributed by atoms with Crippen LogP contribution in [0, 0.1) is 11.3 Å². The number of rotatable bonds is 6. The van der Waals surface area contributed by atoms with Gasteiger partial charge in [-0.15, -0.1) is 0 Å². The molecule has 0 saturated carbocycles. The Morgan fingerprint density at radius 1 is 1.24 bits per heavy atom. The van der Waals surface area contributed by atoms with Gasteiger partial charge in [-0.2, -0.15) is 5.26 Å². The molecule has 1 heterocycles. The van der Waals surface area contributed by atoms with Gasteiger partial charge in [0.25, 0.3) is 5.91 Å². The van der Waals surface area contributed by atoms with E-state index < -0.39 is 23.6 Å². The van der Waals surface area contributed by atoms with E-state index in [2.05, 4.69) is 10.3 Å². The van der Waals surface area contributed by atoms with E-state index >= 15 is 0 Å². The second-order valence-corrected chi connectivity index (χ2v) is 6.23. The summed E-state index contributed by atoms with van der Waals surface area (Å²) in [6.07, 6.45) is -1.14. The lowest BCUT2D eigenvalue weighted by atomic mass is 10.2. The summed E-state index contributed by atoms with van der Waals surface area (Å²) < 4.78 is 10.3. The summed E-state index contributed by atoms with van der Waals surface area (Å²) >= 11 is 0. The zero-order valence-corrected chi connectivity index (χ0v) is 15.5. The van der Waals surface area contributed by atoms with Crippen LogP contribution in [0.5, 0.6) is 0 Å². The molecular formula is C21H17N3O5. The number of carbonyl (C=O) groups is 2. The zero-order valence-electron chi connectivity index (χ0n) is 15.5. The Labute approximate surface area is 165 Å². The van der Waals surface area contributed by atoms with Gasteiger partial charge in [-0.25, -0.2) is 9.78 Å². The van der Waals surface area contributed by atoms with E-state index in [0.717, 1.165) is 0 Å². The van der Waals surface area contributed by atoms with Gasteiger partial charge < -0.3 is 14.5 Å². The molecule has 1 N–H and O–H groups in total. The van der Waals surface area contributed by atoms with E-state index in [1.807, 2.05) is 6.07 Å². The number of benzene rings is 2. The Kier molecular flexibility index (Phi) is 6.00. The van der Waals surface area contributed by atoms with Crippen molar-refractivity contribution in [2.75, 3.05) is 5.32 Å². The smallest absolute Gasteiger partial charge is 0.358 e. The van der Waals surface area contributed by atoms with Crippen LogP contribution in [0.15, 0.2) is 57.7 Å². The largest absolute Gasteiger partial charge is 0.453 e. The van der Waals surface area contributed by atoms with Crippen molar-refractivity contribution in [1.29, 1.82) is 5.26 Å². The first-order chi connectivity index (χ1) is 14.0. The van der Waals surface area contributed by atoms with Gasteiger partial charge in [0.15, 0.2) is 11.7 Å². The minimum absolute atomic E-state index is 0.0323. The Morgan fingerprint density at radius 2 is 2.03 bits per heavy atom. The molecule has 0 aliphatic carbocycles. The molecule has 0 bridgehead atoms. The van der Waals surface area contributed by atoms with E-state index in [-0.39, 0.29) is 18.5 Å². The number of ether oxygens (including phenoxy) is 1. The second kappa shape index (κ2) is 8.80. The SMILES string of the molecule is C[C@@H](OC(=O)CCc1nc2ccccc2oc1=O)C(=O)Nc1cccc(C#N)c1.